The first-order valence-corrected chi connectivity index (χ1v) is 12.1. The molecule has 0 aliphatic carbocycles. The number of anilines is 1. The van der Waals surface area contributed by atoms with E-state index in [9.17, 15) is 9.90 Å². The lowest BCUT2D eigenvalue weighted by Crippen LogP contribution is -2.47. The Morgan fingerprint density at radius 3 is 2.87 bits per heavy atom. The van der Waals surface area contributed by atoms with Gasteiger partial charge in [-0.3, -0.25) is 14.3 Å². The average Bonchev–Trinajstić information content (AvgIpc) is 3.24. The van der Waals surface area contributed by atoms with E-state index in [0.29, 0.717) is 18.8 Å². The summed E-state index contributed by atoms with van der Waals surface area (Å²) in [6.45, 7) is 7.58. The van der Waals surface area contributed by atoms with E-state index in [4.69, 9.17) is 0 Å². The fourth-order valence-electron chi connectivity index (χ4n) is 5.03. The second-order valence-corrected chi connectivity index (χ2v) is 9.72. The minimum Gasteiger partial charge on any atom is -0.385 e. The zero-order valence-corrected chi connectivity index (χ0v) is 18.5. The number of thioether (sulfide) groups is 1. The van der Waals surface area contributed by atoms with E-state index >= 15 is 0 Å². The molecule has 0 spiro atoms. The number of benzene rings is 1. The average molecular weight is 427 g/mol. The molecular formula is C23H30N4O2S. The third-order valence-electron chi connectivity index (χ3n) is 6.77. The smallest absolute Gasteiger partial charge is 0.257 e. The normalized spacial score (nSPS) is 21.5. The Morgan fingerprint density at radius 2 is 2.03 bits per heavy atom. The maximum Gasteiger partial charge on any atom is 0.257 e. The van der Waals surface area contributed by atoms with Gasteiger partial charge >= 0.3 is 0 Å². The number of aromatic nitrogens is 2. The van der Waals surface area contributed by atoms with Crippen molar-refractivity contribution in [3.63, 3.8) is 0 Å². The molecule has 0 bridgehead atoms. The number of fused-ring (bicyclic) bond motifs is 2. The van der Waals surface area contributed by atoms with Gasteiger partial charge in [-0.2, -0.15) is 0 Å². The molecule has 7 heteroatoms. The maximum atomic E-state index is 13.0. The zero-order valence-electron chi connectivity index (χ0n) is 17.6. The van der Waals surface area contributed by atoms with E-state index in [1.54, 1.807) is 4.57 Å². The van der Waals surface area contributed by atoms with E-state index in [1.165, 1.54) is 28.3 Å². The Labute approximate surface area is 181 Å². The summed E-state index contributed by atoms with van der Waals surface area (Å²) in [5, 5.41) is 10.2. The van der Waals surface area contributed by atoms with Crippen molar-refractivity contribution in [3.8, 4) is 0 Å². The first-order valence-electron chi connectivity index (χ1n) is 11.1. The van der Waals surface area contributed by atoms with Crippen molar-refractivity contribution in [2.45, 2.75) is 50.2 Å². The summed E-state index contributed by atoms with van der Waals surface area (Å²) in [6, 6.07) is 6.71. The second-order valence-electron chi connectivity index (χ2n) is 8.58. The van der Waals surface area contributed by atoms with Gasteiger partial charge in [0.2, 0.25) is 0 Å². The molecule has 0 radical (unpaired) electrons. The Kier molecular flexibility index (Phi) is 5.60. The molecule has 4 heterocycles. The van der Waals surface area contributed by atoms with Crippen LogP contribution in [0.25, 0.3) is 0 Å². The van der Waals surface area contributed by atoms with Crippen molar-refractivity contribution in [1.82, 2.24) is 14.5 Å². The van der Waals surface area contributed by atoms with Crippen molar-refractivity contribution >= 4 is 17.4 Å². The van der Waals surface area contributed by atoms with Gasteiger partial charge in [0, 0.05) is 66.9 Å². The topological polar surface area (TPSA) is 61.6 Å². The van der Waals surface area contributed by atoms with Gasteiger partial charge < -0.3 is 10.0 Å². The van der Waals surface area contributed by atoms with E-state index in [1.807, 2.05) is 18.7 Å². The molecule has 3 aliphatic rings. The molecule has 1 saturated heterocycles. The molecule has 5 rings (SSSR count). The van der Waals surface area contributed by atoms with Crippen LogP contribution in [-0.4, -0.2) is 58.0 Å². The first-order chi connectivity index (χ1) is 14.6. The highest BCUT2D eigenvalue weighted by atomic mass is 32.2. The Bertz CT molecular complexity index is 997. The Hall–Kier alpha value is -1.83. The van der Waals surface area contributed by atoms with Crippen LogP contribution in [0.15, 0.2) is 27.9 Å². The van der Waals surface area contributed by atoms with Crippen LogP contribution in [0.4, 0.5) is 5.69 Å². The maximum absolute atomic E-state index is 13.0. The van der Waals surface area contributed by atoms with Crippen LogP contribution in [0.5, 0.6) is 0 Å². The summed E-state index contributed by atoms with van der Waals surface area (Å²) in [7, 11) is 0. The van der Waals surface area contributed by atoms with Crippen molar-refractivity contribution in [3.05, 3.63) is 51.2 Å². The van der Waals surface area contributed by atoms with E-state index in [0.717, 1.165) is 56.8 Å². The summed E-state index contributed by atoms with van der Waals surface area (Å²) in [4.78, 5) is 24.0. The summed E-state index contributed by atoms with van der Waals surface area (Å²) in [6.07, 6.45) is 2.83. The highest BCUT2D eigenvalue weighted by Crippen LogP contribution is 2.37. The molecule has 1 atom stereocenters. The van der Waals surface area contributed by atoms with Crippen LogP contribution in [0.3, 0.4) is 0 Å². The lowest BCUT2D eigenvalue weighted by Gasteiger charge is -2.37. The highest BCUT2D eigenvalue weighted by Gasteiger charge is 2.25. The molecule has 2 aromatic rings. The number of hydrogen-bond donors (Lipinski definition) is 1. The van der Waals surface area contributed by atoms with Crippen LogP contribution in [0.2, 0.25) is 0 Å². The predicted molar refractivity (Wildman–Crippen MR) is 121 cm³/mol. The lowest BCUT2D eigenvalue weighted by molar-refractivity contribution is 0.129. The van der Waals surface area contributed by atoms with Crippen LogP contribution in [0.1, 0.15) is 41.6 Å². The van der Waals surface area contributed by atoms with E-state index in [-0.39, 0.29) is 5.56 Å². The summed E-state index contributed by atoms with van der Waals surface area (Å²) >= 11 is 1.97. The predicted octanol–water partition coefficient (Wildman–Crippen LogP) is 2.39. The largest absolute Gasteiger partial charge is 0.385 e. The summed E-state index contributed by atoms with van der Waals surface area (Å²) in [5.74, 6) is 1.75. The minimum absolute atomic E-state index is 0.0484. The highest BCUT2D eigenvalue weighted by molar-refractivity contribution is 7.99. The molecular weight excluding hydrogens is 396 g/mol. The molecule has 0 saturated carbocycles. The van der Waals surface area contributed by atoms with E-state index < -0.39 is 6.10 Å². The van der Waals surface area contributed by atoms with E-state index in [2.05, 4.69) is 33.0 Å². The standard InChI is InChI=1S/C23H30N4O2S/c1-16-17(23(29)27-9-3-5-20(28)22(27)24-16)7-10-25-11-13-26(14-12-25)19-4-2-6-21-18(19)8-15-30-21/h2,4,6,20,28H,3,5,7-15H2,1H3. The van der Waals surface area contributed by atoms with Gasteiger partial charge in [-0.05, 0) is 50.3 Å². The number of hydrogen-bond acceptors (Lipinski definition) is 6. The van der Waals surface area contributed by atoms with Crippen LogP contribution in [-0.2, 0) is 19.4 Å². The third kappa shape index (κ3) is 3.67. The van der Waals surface area contributed by atoms with Crippen molar-refractivity contribution in [1.29, 1.82) is 0 Å². The molecule has 1 fully saturated rings. The number of nitrogens with zero attached hydrogens (tertiary/aromatic N) is 4. The van der Waals surface area contributed by atoms with Crippen molar-refractivity contribution in [2.24, 2.45) is 0 Å². The van der Waals surface area contributed by atoms with Crippen LogP contribution >= 0.6 is 11.8 Å². The van der Waals surface area contributed by atoms with Gasteiger partial charge in [0.15, 0.2) is 0 Å². The van der Waals surface area contributed by atoms with Gasteiger partial charge in [-0.1, -0.05) is 6.07 Å². The fraction of sp³-hybridized carbons (Fsp3) is 0.565. The molecule has 0 amide bonds. The lowest BCUT2D eigenvalue weighted by atomic mass is 10.1. The fourth-order valence-corrected chi connectivity index (χ4v) is 6.12. The second kappa shape index (κ2) is 8.36. The van der Waals surface area contributed by atoms with Gasteiger partial charge in [0.1, 0.15) is 11.9 Å². The van der Waals surface area contributed by atoms with Crippen molar-refractivity contribution < 1.29 is 5.11 Å². The number of aliphatic hydroxyl groups is 1. The molecule has 6 nitrogen and oxygen atoms in total. The molecule has 3 aliphatic heterocycles. The van der Waals surface area contributed by atoms with Gasteiger partial charge in [0.05, 0.1) is 0 Å². The van der Waals surface area contributed by atoms with Gasteiger partial charge in [-0.25, -0.2) is 4.98 Å². The van der Waals surface area contributed by atoms with Crippen LogP contribution in [0, 0.1) is 6.92 Å². The number of piperazine rings is 1. The SMILES string of the molecule is Cc1nc2n(c(=O)c1CCN1CCN(c3cccc4c3CCS4)CC1)CCCC2O. The molecule has 1 N–H and O–H groups in total. The number of aryl methyl sites for hydroxylation is 1. The van der Waals surface area contributed by atoms with Crippen molar-refractivity contribution in [2.75, 3.05) is 43.4 Å². The monoisotopic (exact) mass is 426 g/mol. The molecule has 160 valence electrons. The molecule has 1 aromatic carbocycles. The minimum atomic E-state index is -0.606. The summed E-state index contributed by atoms with van der Waals surface area (Å²) < 4.78 is 1.70. The zero-order chi connectivity index (χ0) is 20.7. The molecule has 1 aromatic heterocycles. The van der Waals surface area contributed by atoms with Crippen LogP contribution < -0.4 is 10.5 Å². The van der Waals surface area contributed by atoms with Gasteiger partial charge in [0.25, 0.3) is 5.56 Å². The number of rotatable bonds is 4. The van der Waals surface area contributed by atoms with Gasteiger partial charge in [-0.15, -0.1) is 11.8 Å². The molecule has 1 unspecified atom stereocenters. The number of aliphatic hydroxyl groups excluding tert-OH is 1. The quantitative estimate of drug-likeness (QED) is 0.810. The Balaban J connectivity index is 1.23. The summed E-state index contributed by atoms with van der Waals surface area (Å²) in [5.41, 5.74) is 4.59. The third-order valence-corrected chi connectivity index (χ3v) is 7.87. The molecule has 30 heavy (non-hydrogen) atoms. The Morgan fingerprint density at radius 1 is 1.20 bits per heavy atom. The first kappa shape index (κ1) is 20.1.